The molecule has 1 saturated carbocycles. The molecule has 0 spiro atoms. The van der Waals surface area contributed by atoms with E-state index in [2.05, 4.69) is 14.9 Å². The van der Waals surface area contributed by atoms with Crippen molar-refractivity contribution in [2.75, 3.05) is 31.1 Å². The third-order valence-electron chi connectivity index (χ3n) is 4.26. The van der Waals surface area contributed by atoms with Crippen LogP contribution in [0, 0.1) is 0 Å². The Balaban J connectivity index is 1.44. The second kappa shape index (κ2) is 6.09. The van der Waals surface area contributed by atoms with E-state index in [1.165, 1.54) is 11.3 Å². The summed E-state index contributed by atoms with van der Waals surface area (Å²) in [4.78, 5) is 26.3. The summed E-state index contributed by atoms with van der Waals surface area (Å²) in [6.07, 6.45) is 2.31. The first kappa shape index (κ1) is 14.9. The number of aromatic nitrogens is 2. The van der Waals surface area contributed by atoms with Gasteiger partial charge >= 0.3 is 0 Å². The number of hydrogen-bond acceptors (Lipinski definition) is 5. The number of rotatable bonds is 3. The fourth-order valence-electron chi connectivity index (χ4n) is 2.80. The number of hydrogen-bond donors (Lipinski definition) is 0. The molecule has 2 fully saturated rings. The highest BCUT2D eigenvalue weighted by Gasteiger charge is 2.29. The molecular formula is C16H17ClN4OS. The number of anilines is 1. The van der Waals surface area contributed by atoms with Crippen molar-refractivity contribution < 1.29 is 4.79 Å². The molecular weight excluding hydrogens is 332 g/mol. The third-order valence-corrected chi connectivity index (χ3v) is 5.32. The summed E-state index contributed by atoms with van der Waals surface area (Å²) < 4.78 is 0. The van der Waals surface area contributed by atoms with E-state index in [9.17, 15) is 4.79 Å². The quantitative estimate of drug-likeness (QED) is 0.800. The van der Waals surface area contributed by atoms with Crippen molar-refractivity contribution in [3.63, 3.8) is 0 Å². The number of carbonyl (C=O) groups is 1. The highest BCUT2D eigenvalue weighted by Crippen LogP contribution is 2.39. The van der Waals surface area contributed by atoms with E-state index in [4.69, 9.17) is 11.6 Å². The van der Waals surface area contributed by atoms with Gasteiger partial charge in [0.2, 0.25) is 0 Å². The summed E-state index contributed by atoms with van der Waals surface area (Å²) >= 11 is 7.64. The fraction of sp³-hybridized carbons (Fsp3) is 0.438. The van der Waals surface area contributed by atoms with Crippen molar-refractivity contribution in [2.45, 2.75) is 18.8 Å². The minimum atomic E-state index is 0.124. The maximum absolute atomic E-state index is 12.4. The van der Waals surface area contributed by atoms with Crippen LogP contribution in [0.2, 0.25) is 5.15 Å². The van der Waals surface area contributed by atoms with Gasteiger partial charge in [0.05, 0.1) is 4.88 Å². The van der Waals surface area contributed by atoms with E-state index in [1.807, 2.05) is 28.5 Å². The van der Waals surface area contributed by atoms with E-state index < -0.39 is 0 Å². The molecule has 1 amide bonds. The predicted octanol–water partition coefficient (Wildman–Crippen LogP) is 3.03. The molecule has 120 valence electrons. The van der Waals surface area contributed by atoms with Crippen LogP contribution in [0.3, 0.4) is 0 Å². The van der Waals surface area contributed by atoms with E-state index in [1.54, 1.807) is 0 Å². The molecule has 23 heavy (non-hydrogen) atoms. The highest BCUT2D eigenvalue weighted by atomic mass is 35.5. The van der Waals surface area contributed by atoms with Crippen molar-refractivity contribution in [2.24, 2.45) is 0 Å². The number of halogens is 1. The molecule has 2 aromatic heterocycles. The van der Waals surface area contributed by atoms with Crippen molar-refractivity contribution in [3.05, 3.63) is 39.4 Å². The van der Waals surface area contributed by atoms with Gasteiger partial charge in [-0.25, -0.2) is 9.97 Å². The number of carbonyl (C=O) groups excluding carboxylic acids is 1. The number of piperazine rings is 1. The number of amides is 1. The normalized spacial score (nSPS) is 18.3. The lowest BCUT2D eigenvalue weighted by Crippen LogP contribution is -2.49. The summed E-state index contributed by atoms with van der Waals surface area (Å²) in [6, 6.07) is 5.62. The second-order valence-corrected chi connectivity index (χ2v) is 7.27. The van der Waals surface area contributed by atoms with Crippen LogP contribution < -0.4 is 4.90 Å². The van der Waals surface area contributed by atoms with Crippen LogP contribution in [0.4, 0.5) is 5.82 Å². The molecule has 1 saturated heterocycles. The van der Waals surface area contributed by atoms with Crippen LogP contribution in [-0.2, 0) is 0 Å². The van der Waals surface area contributed by atoms with Gasteiger partial charge in [-0.1, -0.05) is 17.7 Å². The zero-order valence-electron chi connectivity index (χ0n) is 12.6. The maximum Gasteiger partial charge on any atom is 0.264 e. The Morgan fingerprint density at radius 2 is 2.00 bits per heavy atom. The first-order valence-corrected chi connectivity index (χ1v) is 9.08. The van der Waals surface area contributed by atoms with Gasteiger partial charge in [0.1, 0.15) is 16.8 Å². The molecule has 2 aromatic rings. The van der Waals surface area contributed by atoms with Crippen molar-refractivity contribution in [1.82, 2.24) is 14.9 Å². The van der Waals surface area contributed by atoms with Crippen LogP contribution in [0.25, 0.3) is 0 Å². The lowest BCUT2D eigenvalue weighted by Gasteiger charge is -2.35. The summed E-state index contributed by atoms with van der Waals surface area (Å²) in [6.45, 7) is 2.96. The maximum atomic E-state index is 12.4. The minimum absolute atomic E-state index is 0.124. The Bertz CT molecular complexity index is 709. The Morgan fingerprint density at radius 3 is 2.65 bits per heavy atom. The molecule has 5 nitrogen and oxygen atoms in total. The van der Waals surface area contributed by atoms with Gasteiger partial charge < -0.3 is 9.80 Å². The Labute approximate surface area is 143 Å². The average Bonchev–Trinajstić information content (AvgIpc) is 3.28. The molecule has 7 heteroatoms. The first-order valence-electron chi connectivity index (χ1n) is 7.83. The SMILES string of the molecule is O=C(c1cccs1)N1CCN(c2cc(Cl)nc(C3CC3)n2)CC1. The van der Waals surface area contributed by atoms with Crippen LogP contribution >= 0.6 is 22.9 Å². The zero-order chi connectivity index (χ0) is 15.8. The molecule has 0 radical (unpaired) electrons. The fourth-order valence-corrected chi connectivity index (χ4v) is 3.68. The standard InChI is InChI=1S/C16H17ClN4OS/c17-13-10-14(19-15(18-13)11-3-4-11)20-5-7-21(8-6-20)16(22)12-2-1-9-23-12/h1-2,9-11H,3-8H2. The molecule has 0 atom stereocenters. The molecule has 1 aliphatic heterocycles. The molecule has 0 aromatic carbocycles. The smallest absolute Gasteiger partial charge is 0.264 e. The molecule has 0 unspecified atom stereocenters. The summed E-state index contributed by atoms with van der Waals surface area (Å²) in [5.41, 5.74) is 0. The van der Waals surface area contributed by atoms with Crippen molar-refractivity contribution in [1.29, 1.82) is 0 Å². The second-order valence-electron chi connectivity index (χ2n) is 5.94. The minimum Gasteiger partial charge on any atom is -0.353 e. The summed E-state index contributed by atoms with van der Waals surface area (Å²) in [5, 5.41) is 2.44. The zero-order valence-corrected chi connectivity index (χ0v) is 14.2. The van der Waals surface area contributed by atoms with Gasteiger partial charge in [-0.15, -0.1) is 11.3 Å². The van der Waals surface area contributed by atoms with E-state index >= 15 is 0 Å². The molecule has 4 rings (SSSR count). The Hall–Kier alpha value is -1.66. The van der Waals surface area contributed by atoms with E-state index in [0.717, 1.165) is 42.5 Å². The first-order chi connectivity index (χ1) is 11.2. The predicted molar refractivity (Wildman–Crippen MR) is 91.5 cm³/mol. The number of thiophene rings is 1. The van der Waals surface area contributed by atoms with Gasteiger partial charge in [0.25, 0.3) is 5.91 Å². The highest BCUT2D eigenvalue weighted by molar-refractivity contribution is 7.12. The lowest BCUT2D eigenvalue weighted by atomic mass is 10.3. The third kappa shape index (κ3) is 3.19. The largest absolute Gasteiger partial charge is 0.353 e. The average molecular weight is 349 g/mol. The molecule has 3 heterocycles. The Morgan fingerprint density at radius 1 is 1.22 bits per heavy atom. The van der Waals surface area contributed by atoms with E-state index in [-0.39, 0.29) is 5.91 Å². The van der Waals surface area contributed by atoms with Crippen molar-refractivity contribution in [3.8, 4) is 0 Å². The van der Waals surface area contributed by atoms with Crippen molar-refractivity contribution >= 4 is 34.7 Å². The van der Waals surface area contributed by atoms with Gasteiger partial charge in [0.15, 0.2) is 0 Å². The van der Waals surface area contributed by atoms with Crippen LogP contribution in [0.1, 0.15) is 34.3 Å². The molecule has 1 aliphatic carbocycles. The van der Waals surface area contributed by atoms with Gasteiger partial charge in [-0.3, -0.25) is 4.79 Å². The van der Waals surface area contributed by atoms with Crippen LogP contribution in [-0.4, -0.2) is 47.0 Å². The monoisotopic (exact) mass is 348 g/mol. The Kier molecular flexibility index (Phi) is 3.95. The van der Waals surface area contributed by atoms with Gasteiger partial charge in [-0.2, -0.15) is 0 Å². The van der Waals surface area contributed by atoms with Gasteiger partial charge in [0, 0.05) is 38.2 Å². The lowest BCUT2D eigenvalue weighted by molar-refractivity contribution is 0.0751. The molecule has 0 bridgehead atoms. The number of nitrogens with zero attached hydrogens (tertiary/aromatic N) is 4. The summed E-state index contributed by atoms with van der Waals surface area (Å²) in [7, 11) is 0. The topological polar surface area (TPSA) is 49.3 Å². The van der Waals surface area contributed by atoms with Gasteiger partial charge in [-0.05, 0) is 24.3 Å². The van der Waals surface area contributed by atoms with Crippen LogP contribution in [0.5, 0.6) is 0 Å². The summed E-state index contributed by atoms with van der Waals surface area (Å²) in [5.74, 6) is 2.35. The van der Waals surface area contributed by atoms with Crippen LogP contribution in [0.15, 0.2) is 23.6 Å². The molecule has 2 aliphatic rings. The molecule has 0 N–H and O–H groups in total. The van der Waals surface area contributed by atoms with E-state index in [0.29, 0.717) is 24.2 Å².